The molecule has 0 unspecified atom stereocenters. The lowest BCUT2D eigenvalue weighted by molar-refractivity contribution is -0.105. The zero-order valence-electron chi connectivity index (χ0n) is 12.4. The van der Waals surface area contributed by atoms with Crippen LogP contribution in [-0.4, -0.2) is 30.3 Å². The molecule has 136 valence electrons. The Morgan fingerprint density at radius 3 is 2.56 bits per heavy atom. The third kappa shape index (κ3) is 6.34. The topological polar surface area (TPSA) is 98.0 Å². The van der Waals surface area contributed by atoms with E-state index in [9.17, 15) is 21.6 Å². The SMILES string of the molecule is NS(=O)(=O)c1ccc(SCC(F)(F)F)c(CNc2cc(Cl)ncn2)c1. The Hall–Kier alpha value is -1.56. The van der Waals surface area contributed by atoms with Gasteiger partial charge >= 0.3 is 6.18 Å². The van der Waals surface area contributed by atoms with Crippen LogP contribution in [0.3, 0.4) is 0 Å². The van der Waals surface area contributed by atoms with E-state index < -0.39 is 22.0 Å². The first-order valence-corrected chi connectivity index (χ1v) is 9.52. The lowest BCUT2D eigenvalue weighted by Gasteiger charge is -2.13. The second-order valence-corrected chi connectivity index (χ2v) is 7.76. The number of hydrogen-bond acceptors (Lipinski definition) is 6. The summed E-state index contributed by atoms with van der Waals surface area (Å²) in [5, 5.41) is 8.11. The van der Waals surface area contributed by atoms with Crippen LogP contribution in [-0.2, 0) is 16.6 Å². The van der Waals surface area contributed by atoms with Gasteiger partial charge in [-0.15, -0.1) is 11.8 Å². The molecule has 0 bridgehead atoms. The van der Waals surface area contributed by atoms with E-state index in [1.165, 1.54) is 30.6 Å². The lowest BCUT2D eigenvalue weighted by Crippen LogP contribution is -2.14. The maximum atomic E-state index is 12.5. The van der Waals surface area contributed by atoms with Crippen molar-refractivity contribution in [3.8, 4) is 0 Å². The summed E-state index contributed by atoms with van der Waals surface area (Å²) in [7, 11) is -3.98. The van der Waals surface area contributed by atoms with Crippen molar-refractivity contribution in [2.24, 2.45) is 5.14 Å². The van der Waals surface area contributed by atoms with Crippen molar-refractivity contribution in [3.63, 3.8) is 0 Å². The Labute approximate surface area is 151 Å². The number of nitrogens with two attached hydrogens (primary N) is 1. The number of nitrogens with one attached hydrogen (secondary N) is 1. The molecule has 2 aromatic rings. The third-order valence-electron chi connectivity index (χ3n) is 2.85. The molecule has 1 aromatic heterocycles. The quantitative estimate of drug-likeness (QED) is 0.559. The van der Waals surface area contributed by atoms with Gasteiger partial charge in [-0.05, 0) is 23.8 Å². The van der Waals surface area contributed by atoms with Gasteiger partial charge in [-0.1, -0.05) is 11.6 Å². The highest BCUT2D eigenvalue weighted by atomic mass is 35.5. The number of benzene rings is 1. The molecule has 3 N–H and O–H groups in total. The Kier molecular flexibility index (Phi) is 6.14. The van der Waals surface area contributed by atoms with Crippen LogP contribution in [0.5, 0.6) is 0 Å². The number of halogens is 4. The molecule has 6 nitrogen and oxygen atoms in total. The van der Waals surface area contributed by atoms with Crippen LogP contribution in [0.15, 0.2) is 40.4 Å². The molecule has 12 heteroatoms. The Morgan fingerprint density at radius 1 is 1.24 bits per heavy atom. The van der Waals surface area contributed by atoms with Crippen molar-refractivity contribution in [1.29, 1.82) is 0 Å². The van der Waals surface area contributed by atoms with Crippen molar-refractivity contribution < 1.29 is 21.6 Å². The van der Waals surface area contributed by atoms with Crippen LogP contribution in [0.2, 0.25) is 5.15 Å². The van der Waals surface area contributed by atoms with E-state index in [0.29, 0.717) is 23.1 Å². The van der Waals surface area contributed by atoms with Crippen LogP contribution in [0.4, 0.5) is 19.0 Å². The first-order chi connectivity index (χ1) is 11.5. The van der Waals surface area contributed by atoms with Crippen LogP contribution in [0.25, 0.3) is 0 Å². The van der Waals surface area contributed by atoms with Crippen LogP contribution < -0.4 is 10.5 Å². The molecule has 1 heterocycles. The number of thioether (sulfide) groups is 1. The minimum absolute atomic E-state index is 0.0247. The van der Waals surface area contributed by atoms with Gasteiger partial charge in [-0.3, -0.25) is 0 Å². The van der Waals surface area contributed by atoms with E-state index in [1.807, 2.05) is 0 Å². The summed E-state index contributed by atoms with van der Waals surface area (Å²) in [6.07, 6.45) is -3.14. The molecule has 1 aromatic carbocycles. The van der Waals surface area contributed by atoms with Crippen molar-refractivity contribution in [2.75, 3.05) is 11.1 Å². The maximum Gasteiger partial charge on any atom is 0.398 e. The van der Waals surface area contributed by atoms with Gasteiger partial charge in [0.05, 0.1) is 10.6 Å². The van der Waals surface area contributed by atoms with Gasteiger partial charge in [0.1, 0.15) is 17.3 Å². The Balaban J connectivity index is 2.27. The lowest BCUT2D eigenvalue weighted by atomic mass is 10.2. The molecule has 0 aliphatic heterocycles. The van der Waals surface area contributed by atoms with E-state index in [-0.39, 0.29) is 21.5 Å². The molecule has 0 fully saturated rings. The first kappa shape index (κ1) is 19.8. The standard InChI is InChI=1S/C13H12ClF3N4O2S2/c14-11-4-12(21-7-20-11)19-5-8-3-9(25(18,22)23)1-2-10(8)24-6-13(15,16)17/h1-4,7H,5-6H2,(H2,18,22,23)(H,19,20,21). The Bertz CT molecular complexity index is 863. The fourth-order valence-electron chi connectivity index (χ4n) is 1.79. The fourth-order valence-corrected chi connectivity index (χ4v) is 3.30. The number of rotatable bonds is 6. The van der Waals surface area contributed by atoms with Crippen molar-refractivity contribution in [1.82, 2.24) is 9.97 Å². The zero-order valence-corrected chi connectivity index (χ0v) is 14.8. The molecule has 0 saturated heterocycles. The van der Waals surface area contributed by atoms with E-state index in [2.05, 4.69) is 15.3 Å². The monoisotopic (exact) mass is 412 g/mol. The average Bonchev–Trinajstić information content (AvgIpc) is 2.49. The summed E-state index contributed by atoms with van der Waals surface area (Å²) in [4.78, 5) is 7.69. The van der Waals surface area contributed by atoms with Crippen molar-refractivity contribution in [2.45, 2.75) is 22.5 Å². The summed E-state index contributed by atoms with van der Waals surface area (Å²) < 4.78 is 60.3. The average molecular weight is 413 g/mol. The van der Waals surface area contributed by atoms with Gasteiger partial charge in [0.2, 0.25) is 10.0 Å². The number of primary sulfonamides is 1. The van der Waals surface area contributed by atoms with Gasteiger partial charge < -0.3 is 5.32 Å². The minimum Gasteiger partial charge on any atom is -0.366 e. The van der Waals surface area contributed by atoms with Crippen LogP contribution >= 0.6 is 23.4 Å². The van der Waals surface area contributed by atoms with Gasteiger partial charge in [-0.25, -0.2) is 23.5 Å². The second kappa shape index (κ2) is 7.77. The third-order valence-corrected chi connectivity index (χ3v) is 5.14. The van der Waals surface area contributed by atoms with E-state index in [1.54, 1.807) is 0 Å². The van der Waals surface area contributed by atoms with E-state index in [0.717, 1.165) is 0 Å². The van der Waals surface area contributed by atoms with Gasteiger partial charge in [0, 0.05) is 17.5 Å². The number of anilines is 1. The van der Waals surface area contributed by atoms with Crippen LogP contribution in [0, 0.1) is 0 Å². The van der Waals surface area contributed by atoms with Gasteiger partial charge in [0.25, 0.3) is 0 Å². The fraction of sp³-hybridized carbons (Fsp3) is 0.231. The summed E-state index contributed by atoms with van der Waals surface area (Å²) in [6.45, 7) is 0.0247. The molecule has 0 radical (unpaired) electrons. The largest absolute Gasteiger partial charge is 0.398 e. The number of alkyl halides is 3. The normalized spacial score (nSPS) is 12.2. The van der Waals surface area contributed by atoms with Crippen molar-refractivity contribution in [3.05, 3.63) is 41.3 Å². The molecular formula is C13H12ClF3N4O2S2. The highest BCUT2D eigenvalue weighted by molar-refractivity contribution is 7.99. The molecule has 0 amide bonds. The van der Waals surface area contributed by atoms with Crippen LogP contribution in [0.1, 0.15) is 5.56 Å². The molecular weight excluding hydrogens is 401 g/mol. The predicted molar refractivity (Wildman–Crippen MR) is 89.0 cm³/mol. The molecule has 0 aliphatic carbocycles. The molecule has 0 atom stereocenters. The second-order valence-electron chi connectivity index (χ2n) is 4.80. The number of nitrogens with zero attached hydrogens (tertiary/aromatic N) is 2. The van der Waals surface area contributed by atoms with Crippen molar-refractivity contribution >= 4 is 39.2 Å². The van der Waals surface area contributed by atoms with Gasteiger partial charge in [-0.2, -0.15) is 13.2 Å². The highest BCUT2D eigenvalue weighted by Gasteiger charge is 2.28. The summed E-state index contributed by atoms with van der Waals surface area (Å²) in [5.74, 6) is -0.763. The van der Waals surface area contributed by atoms with E-state index in [4.69, 9.17) is 16.7 Å². The highest BCUT2D eigenvalue weighted by Crippen LogP contribution is 2.31. The molecule has 0 spiro atoms. The van der Waals surface area contributed by atoms with Gasteiger partial charge in [0.15, 0.2) is 0 Å². The smallest absolute Gasteiger partial charge is 0.366 e. The van der Waals surface area contributed by atoms with E-state index >= 15 is 0 Å². The summed E-state index contributed by atoms with van der Waals surface area (Å²) >= 11 is 6.28. The molecule has 2 rings (SSSR count). The minimum atomic E-state index is -4.35. The predicted octanol–water partition coefficient (Wildman–Crippen LogP) is 3.04. The number of hydrogen-bond donors (Lipinski definition) is 2. The number of aromatic nitrogens is 2. The summed E-state index contributed by atoms with van der Waals surface area (Å²) in [6, 6.07) is 5.11. The molecule has 0 saturated carbocycles. The zero-order chi connectivity index (χ0) is 18.7. The molecule has 0 aliphatic rings. The summed E-state index contributed by atoms with van der Waals surface area (Å²) in [5.41, 5.74) is 0.329. The number of sulfonamides is 1. The first-order valence-electron chi connectivity index (χ1n) is 6.61. The molecule has 25 heavy (non-hydrogen) atoms. The maximum absolute atomic E-state index is 12.5. The Morgan fingerprint density at radius 2 is 1.96 bits per heavy atom.